The lowest BCUT2D eigenvalue weighted by molar-refractivity contribution is 0.0145. The van der Waals surface area contributed by atoms with Crippen LogP contribution in [0.4, 0.5) is 0 Å². The molecule has 27 heavy (non-hydrogen) atoms. The molecule has 0 atom stereocenters. The fraction of sp³-hybridized carbons (Fsp3) is 0.923. The fourth-order valence-electron chi connectivity index (χ4n) is 5.26. The fourth-order valence-corrected chi connectivity index (χ4v) is 5.26. The predicted octanol–water partition coefficient (Wildman–Crippen LogP) is 8.48. The molecule has 0 heterocycles. The van der Waals surface area contributed by atoms with Crippen LogP contribution in [0, 0.1) is 17.8 Å². The van der Waals surface area contributed by atoms with Crippen LogP contribution in [0.5, 0.6) is 0 Å². The lowest BCUT2D eigenvalue weighted by Gasteiger charge is -2.32. The van der Waals surface area contributed by atoms with Crippen molar-refractivity contribution in [3.63, 3.8) is 0 Å². The van der Waals surface area contributed by atoms with Crippen molar-refractivity contribution in [2.45, 2.75) is 129 Å². The Kier molecular flexibility index (Phi) is 12.5. The molecule has 1 nitrogen and oxygen atoms in total. The summed E-state index contributed by atoms with van der Waals surface area (Å²) in [5.41, 5.74) is 0. The minimum Gasteiger partial charge on any atom is -0.378 e. The monoisotopic (exact) mass is 376 g/mol. The highest BCUT2D eigenvalue weighted by molar-refractivity contribution is 4.82. The zero-order valence-corrected chi connectivity index (χ0v) is 18.6. The normalized spacial score (nSPS) is 29.4. The lowest BCUT2D eigenvalue weighted by atomic mass is 9.76. The Morgan fingerprint density at radius 2 is 1.26 bits per heavy atom. The van der Waals surface area contributed by atoms with E-state index in [0.717, 1.165) is 24.4 Å². The van der Waals surface area contributed by atoms with Crippen molar-refractivity contribution < 1.29 is 4.74 Å². The number of allylic oxidation sites excluding steroid dienone is 2. The van der Waals surface area contributed by atoms with Crippen molar-refractivity contribution in [1.82, 2.24) is 0 Å². The molecule has 0 N–H and O–H groups in total. The first kappa shape index (κ1) is 23.0. The van der Waals surface area contributed by atoms with Crippen LogP contribution in [0.25, 0.3) is 0 Å². The van der Waals surface area contributed by atoms with Crippen LogP contribution in [0.3, 0.4) is 0 Å². The largest absolute Gasteiger partial charge is 0.378 e. The first-order valence-electron chi connectivity index (χ1n) is 12.6. The van der Waals surface area contributed by atoms with Crippen LogP contribution in [-0.4, -0.2) is 12.7 Å². The van der Waals surface area contributed by atoms with E-state index in [-0.39, 0.29) is 0 Å². The van der Waals surface area contributed by atoms with Gasteiger partial charge in [-0.1, -0.05) is 83.8 Å². The van der Waals surface area contributed by atoms with Crippen LogP contribution >= 0.6 is 0 Å². The molecule has 158 valence electrons. The van der Waals surface area contributed by atoms with Gasteiger partial charge in [0.1, 0.15) is 0 Å². The summed E-state index contributed by atoms with van der Waals surface area (Å²) in [7, 11) is 0. The summed E-state index contributed by atoms with van der Waals surface area (Å²) in [5.74, 6) is 3.06. The number of unbranched alkanes of at least 4 members (excludes halogenated alkanes) is 3. The van der Waals surface area contributed by atoms with Gasteiger partial charge in [0.15, 0.2) is 0 Å². The van der Waals surface area contributed by atoms with Gasteiger partial charge in [-0.05, 0) is 69.1 Å². The molecule has 0 aromatic rings. The topological polar surface area (TPSA) is 9.23 Å². The van der Waals surface area contributed by atoms with Crippen LogP contribution in [0.1, 0.15) is 123 Å². The van der Waals surface area contributed by atoms with Crippen molar-refractivity contribution in [2.24, 2.45) is 17.8 Å². The van der Waals surface area contributed by atoms with Crippen molar-refractivity contribution in [3.05, 3.63) is 12.2 Å². The highest BCUT2D eigenvalue weighted by Gasteiger charge is 2.24. The molecule has 0 aromatic heterocycles. The van der Waals surface area contributed by atoms with Gasteiger partial charge in [0, 0.05) is 6.61 Å². The van der Waals surface area contributed by atoms with Gasteiger partial charge in [-0.3, -0.25) is 0 Å². The van der Waals surface area contributed by atoms with E-state index in [1.54, 1.807) is 0 Å². The third kappa shape index (κ3) is 10.2. The standard InChI is InChI=1S/C26H48O/c1-3-5-7-9-11-23-12-14-24(15-13-23)16-17-25-18-20-26(21-19-25)27-22-10-8-6-4-2/h5,7,23-26H,3-4,6,8-22H2,1-2H3/b7-5+. The van der Waals surface area contributed by atoms with E-state index in [1.807, 2.05) is 0 Å². The Morgan fingerprint density at radius 3 is 1.85 bits per heavy atom. The molecule has 0 amide bonds. The summed E-state index contributed by atoms with van der Waals surface area (Å²) in [4.78, 5) is 0. The Labute approximate surface area is 170 Å². The molecular weight excluding hydrogens is 328 g/mol. The van der Waals surface area contributed by atoms with Gasteiger partial charge >= 0.3 is 0 Å². The van der Waals surface area contributed by atoms with E-state index in [1.165, 1.54) is 109 Å². The first-order valence-corrected chi connectivity index (χ1v) is 12.6. The van der Waals surface area contributed by atoms with Gasteiger partial charge in [0.25, 0.3) is 0 Å². The average Bonchev–Trinajstić information content (AvgIpc) is 2.71. The van der Waals surface area contributed by atoms with Crippen LogP contribution in [0.15, 0.2) is 12.2 Å². The molecule has 2 aliphatic rings. The summed E-state index contributed by atoms with van der Waals surface area (Å²) >= 11 is 0. The number of ether oxygens (including phenoxy) is 1. The number of hydrogen-bond acceptors (Lipinski definition) is 1. The molecular formula is C26H48O. The van der Waals surface area contributed by atoms with Crippen LogP contribution in [-0.2, 0) is 4.74 Å². The second kappa shape index (κ2) is 14.7. The van der Waals surface area contributed by atoms with E-state index in [0.29, 0.717) is 6.10 Å². The smallest absolute Gasteiger partial charge is 0.0575 e. The number of rotatable bonds is 13. The van der Waals surface area contributed by atoms with E-state index >= 15 is 0 Å². The second-order valence-corrected chi connectivity index (χ2v) is 9.50. The van der Waals surface area contributed by atoms with Gasteiger partial charge in [-0.25, -0.2) is 0 Å². The predicted molar refractivity (Wildman–Crippen MR) is 119 cm³/mol. The summed E-state index contributed by atoms with van der Waals surface area (Å²) in [6, 6.07) is 0. The summed E-state index contributed by atoms with van der Waals surface area (Å²) in [6.07, 6.45) is 29.1. The van der Waals surface area contributed by atoms with Crippen molar-refractivity contribution in [2.75, 3.05) is 6.61 Å². The summed E-state index contributed by atoms with van der Waals surface area (Å²) < 4.78 is 6.13. The van der Waals surface area contributed by atoms with Crippen LogP contribution in [0.2, 0.25) is 0 Å². The SMILES string of the molecule is CC/C=C/CCC1CCC(CCC2CCC(OCCCCCC)CC2)CC1. The molecule has 2 saturated carbocycles. The number of hydrogen-bond donors (Lipinski definition) is 0. The first-order chi connectivity index (χ1) is 13.3. The van der Waals surface area contributed by atoms with Crippen molar-refractivity contribution >= 4 is 0 Å². The molecule has 0 unspecified atom stereocenters. The highest BCUT2D eigenvalue weighted by Crippen LogP contribution is 2.37. The van der Waals surface area contributed by atoms with Crippen molar-refractivity contribution in [3.8, 4) is 0 Å². The van der Waals surface area contributed by atoms with Gasteiger partial charge in [0.05, 0.1) is 6.10 Å². The molecule has 1 heteroatoms. The molecule has 2 rings (SSSR count). The zero-order chi connectivity index (χ0) is 19.2. The maximum atomic E-state index is 6.13. The van der Waals surface area contributed by atoms with Crippen LogP contribution < -0.4 is 0 Å². The molecule has 2 aliphatic carbocycles. The maximum absolute atomic E-state index is 6.13. The minimum absolute atomic E-state index is 0.583. The third-order valence-corrected chi connectivity index (χ3v) is 7.24. The molecule has 0 aliphatic heterocycles. The maximum Gasteiger partial charge on any atom is 0.0575 e. The molecule has 0 spiro atoms. The van der Waals surface area contributed by atoms with E-state index in [2.05, 4.69) is 26.0 Å². The lowest BCUT2D eigenvalue weighted by Crippen LogP contribution is -2.23. The molecule has 0 saturated heterocycles. The third-order valence-electron chi connectivity index (χ3n) is 7.24. The quantitative estimate of drug-likeness (QED) is 0.231. The van der Waals surface area contributed by atoms with Gasteiger partial charge in [-0.2, -0.15) is 0 Å². The Morgan fingerprint density at radius 1 is 0.667 bits per heavy atom. The summed E-state index contributed by atoms with van der Waals surface area (Å²) in [5, 5.41) is 0. The Hall–Kier alpha value is -0.300. The van der Waals surface area contributed by atoms with Crippen molar-refractivity contribution in [1.29, 1.82) is 0 Å². The van der Waals surface area contributed by atoms with Gasteiger partial charge in [0.2, 0.25) is 0 Å². The molecule has 0 bridgehead atoms. The van der Waals surface area contributed by atoms with E-state index in [9.17, 15) is 0 Å². The van der Waals surface area contributed by atoms with E-state index < -0.39 is 0 Å². The van der Waals surface area contributed by atoms with Gasteiger partial charge < -0.3 is 4.74 Å². The second-order valence-electron chi connectivity index (χ2n) is 9.50. The van der Waals surface area contributed by atoms with Gasteiger partial charge in [-0.15, -0.1) is 0 Å². The average molecular weight is 377 g/mol. The Balaban J connectivity index is 1.47. The zero-order valence-electron chi connectivity index (χ0n) is 18.6. The Bertz CT molecular complexity index is 358. The summed E-state index contributed by atoms with van der Waals surface area (Å²) in [6.45, 7) is 5.52. The molecule has 2 fully saturated rings. The highest BCUT2D eigenvalue weighted by atomic mass is 16.5. The molecule has 0 radical (unpaired) electrons. The minimum atomic E-state index is 0.583. The molecule has 0 aromatic carbocycles. The van der Waals surface area contributed by atoms with E-state index in [4.69, 9.17) is 4.74 Å².